The van der Waals surface area contributed by atoms with Crippen LogP contribution < -0.4 is 0 Å². The zero-order valence-electron chi connectivity index (χ0n) is 11.3. The maximum Gasteiger partial charge on any atom is 0.351 e. The predicted octanol–water partition coefficient (Wildman–Crippen LogP) is 3.36. The molecule has 0 fully saturated rings. The highest BCUT2D eigenvalue weighted by molar-refractivity contribution is 14.1. The number of halogens is 1. The van der Waals surface area contributed by atoms with Gasteiger partial charge >= 0.3 is 11.9 Å². The molecule has 21 heavy (non-hydrogen) atoms. The smallest absolute Gasteiger partial charge is 0.351 e. The quantitative estimate of drug-likeness (QED) is 0.588. The van der Waals surface area contributed by atoms with Crippen molar-refractivity contribution in [3.05, 3.63) is 69.3 Å². The summed E-state index contributed by atoms with van der Waals surface area (Å²) in [6, 6.07) is 15.7. The molecule has 2 aromatic carbocycles. The van der Waals surface area contributed by atoms with Gasteiger partial charge in [-0.25, -0.2) is 9.59 Å². The van der Waals surface area contributed by atoms with Crippen molar-refractivity contribution in [2.45, 2.75) is 6.10 Å². The molecule has 0 N–H and O–H groups in total. The number of carbonyl (C=O) groups excluding carboxylic acids is 2. The van der Waals surface area contributed by atoms with Gasteiger partial charge in [0.2, 0.25) is 6.10 Å². The van der Waals surface area contributed by atoms with Crippen molar-refractivity contribution >= 4 is 34.5 Å². The average molecular weight is 396 g/mol. The van der Waals surface area contributed by atoms with Gasteiger partial charge < -0.3 is 9.47 Å². The average Bonchev–Trinajstić information content (AvgIpc) is 2.53. The van der Waals surface area contributed by atoms with Crippen LogP contribution in [0, 0.1) is 3.57 Å². The van der Waals surface area contributed by atoms with Crippen molar-refractivity contribution in [3.63, 3.8) is 0 Å². The molecular weight excluding hydrogens is 383 g/mol. The third kappa shape index (κ3) is 4.04. The molecule has 0 aliphatic heterocycles. The van der Waals surface area contributed by atoms with E-state index in [4.69, 9.17) is 9.47 Å². The van der Waals surface area contributed by atoms with E-state index in [-0.39, 0.29) is 0 Å². The van der Waals surface area contributed by atoms with Crippen LogP contribution in [0.2, 0.25) is 0 Å². The summed E-state index contributed by atoms with van der Waals surface area (Å²) in [6.45, 7) is 0. The van der Waals surface area contributed by atoms with Crippen LogP contribution in [0.3, 0.4) is 0 Å². The molecule has 0 saturated heterocycles. The van der Waals surface area contributed by atoms with E-state index >= 15 is 0 Å². The standard InChI is InChI=1S/C16H13IO4/c1-20-16(19)14(11-5-3-2-4-6-11)21-15(18)12-7-9-13(17)10-8-12/h2-10,14H,1H3. The Balaban J connectivity index is 2.21. The van der Waals surface area contributed by atoms with E-state index in [0.29, 0.717) is 11.1 Å². The third-order valence-corrected chi connectivity index (χ3v) is 3.54. The number of esters is 2. The second kappa shape index (κ2) is 7.21. The Morgan fingerprint density at radius 3 is 2.19 bits per heavy atom. The van der Waals surface area contributed by atoms with Crippen molar-refractivity contribution in [1.29, 1.82) is 0 Å². The molecule has 2 aromatic rings. The van der Waals surface area contributed by atoms with Gasteiger partial charge in [0.25, 0.3) is 0 Å². The Morgan fingerprint density at radius 1 is 1.00 bits per heavy atom. The number of methoxy groups -OCH3 is 1. The Bertz CT molecular complexity index is 622. The van der Waals surface area contributed by atoms with Crippen LogP contribution in [0.15, 0.2) is 54.6 Å². The van der Waals surface area contributed by atoms with E-state index in [1.165, 1.54) is 7.11 Å². The normalized spacial score (nSPS) is 11.5. The fraction of sp³-hybridized carbons (Fsp3) is 0.125. The Hall–Kier alpha value is -1.89. The molecule has 4 nitrogen and oxygen atoms in total. The first-order chi connectivity index (χ1) is 10.1. The van der Waals surface area contributed by atoms with Gasteiger partial charge in [-0.1, -0.05) is 30.3 Å². The van der Waals surface area contributed by atoms with Crippen LogP contribution in [0.4, 0.5) is 0 Å². The Morgan fingerprint density at radius 2 is 1.62 bits per heavy atom. The minimum Gasteiger partial charge on any atom is -0.466 e. The Kier molecular flexibility index (Phi) is 5.32. The van der Waals surface area contributed by atoms with Crippen molar-refractivity contribution < 1.29 is 19.1 Å². The van der Waals surface area contributed by atoms with Gasteiger partial charge in [-0.3, -0.25) is 0 Å². The lowest BCUT2D eigenvalue weighted by Gasteiger charge is -2.16. The molecule has 1 unspecified atom stereocenters. The summed E-state index contributed by atoms with van der Waals surface area (Å²) in [5.74, 6) is -1.18. The topological polar surface area (TPSA) is 52.6 Å². The van der Waals surface area contributed by atoms with E-state index in [1.807, 2.05) is 6.07 Å². The fourth-order valence-electron chi connectivity index (χ4n) is 1.75. The molecule has 0 saturated carbocycles. The van der Waals surface area contributed by atoms with Crippen molar-refractivity contribution in [2.75, 3.05) is 7.11 Å². The van der Waals surface area contributed by atoms with E-state index in [0.717, 1.165) is 3.57 Å². The summed E-state index contributed by atoms with van der Waals surface area (Å²) in [6.07, 6.45) is -1.07. The molecule has 0 aliphatic carbocycles. The van der Waals surface area contributed by atoms with Crippen molar-refractivity contribution in [1.82, 2.24) is 0 Å². The second-order valence-corrected chi connectivity index (χ2v) is 5.47. The van der Waals surface area contributed by atoms with Crippen LogP contribution in [-0.2, 0) is 14.3 Å². The molecule has 0 heterocycles. The molecule has 2 rings (SSSR count). The SMILES string of the molecule is COC(=O)C(OC(=O)c1ccc(I)cc1)c1ccccc1. The van der Waals surface area contributed by atoms with Gasteiger partial charge in [-0.05, 0) is 46.9 Å². The van der Waals surface area contributed by atoms with Gasteiger partial charge in [0.05, 0.1) is 12.7 Å². The first-order valence-corrected chi connectivity index (χ1v) is 7.29. The number of ether oxygens (including phenoxy) is 2. The first kappa shape index (κ1) is 15.5. The molecular formula is C16H13IO4. The summed E-state index contributed by atoms with van der Waals surface area (Å²) in [5, 5.41) is 0. The van der Waals surface area contributed by atoms with Gasteiger partial charge in [0.15, 0.2) is 0 Å². The summed E-state index contributed by atoms with van der Waals surface area (Å²) in [7, 11) is 1.26. The number of hydrogen-bond donors (Lipinski definition) is 0. The third-order valence-electron chi connectivity index (χ3n) is 2.82. The van der Waals surface area contributed by atoms with E-state index in [1.54, 1.807) is 48.5 Å². The summed E-state index contributed by atoms with van der Waals surface area (Å²) in [4.78, 5) is 24.0. The summed E-state index contributed by atoms with van der Waals surface area (Å²) >= 11 is 2.15. The molecule has 108 valence electrons. The molecule has 0 radical (unpaired) electrons. The number of hydrogen-bond acceptors (Lipinski definition) is 4. The first-order valence-electron chi connectivity index (χ1n) is 6.21. The maximum atomic E-state index is 12.1. The minimum absolute atomic E-state index is 0.389. The summed E-state index contributed by atoms with van der Waals surface area (Å²) < 4.78 is 11.0. The van der Waals surface area contributed by atoms with Crippen LogP contribution in [-0.4, -0.2) is 19.0 Å². The molecule has 0 aromatic heterocycles. The minimum atomic E-state index is -1.07. The largest absolute Gasteiger partial charge is 0.466 e. The molecule has 0 amide bonds. The zero-order chi connectivity index (χ0) is 15.2. The lowest BCUT2D eigenvalue weighted by atomic mass is 10.1. The van der Waals surface area contributed by atoms with E-state index < -0.39 is 18.0 Å². The highest BCUT2D eigenvalue weighted by Crippen LogP contribution is 2.21. The van der Waals surface area contributed by atoms with Gasteiger partial charge in [-0.15, -0.1) is 0 Å². The fourth-order valence-corrected chi connectivity index (χ4v) is 2.11. The molecule has 0 bridgehead atoms. The van der Waals surface area contributed by atoms with Crippen molar-refractivity contribution in [2.24, 2.45) is 0 Å². The lowest BCUT2D eigenvalue weighted by molar-refractivity contribution is -0.151. The predicted molar refractivity (Wildman–Crippen MR) is 85.8 cm³/mol. The van der Waals surface area contributed by atoms with Gasteiger partial charge in [0, 0.05) is 9.13 Å². The molecule has 1 atom stereocenters. The highest BCUT2D eigenvalue weighted by Gasteiger charge is 2.26. The summed E-state index contributed by atoms with van der Waals surface area (Å²) in [5.41, 5.74) is 0.962. The van der Waals surface area contributed by atoms with Crippen LogP contribution in [0.5, 0.6) is 0 Å². The molecule has 5 heteroatoms. The van der Waals surface area contributed by atoms with Gasteiger partial charge in [-0.2, -0.15) is 0 Å². The second-order valence-electron chi connectivity index (χ2n) is 4.23. The van der Waals surface area contributed by atoms with Crippen LogP contribution >= 0.6 is 22.6 Å². The zero-order valence-corrected chi connectivity index (χ0v) is 13.4. The van der Waals surface area contributed by atoms with Crippen molar-refractivity contribution in [3.8, 4) is 0 Å². The number of rotatable bonds is 4. The Labute approximate surface area is 136 Å². The number of carbonyl (C=O) groups is 2. The lowest BCUT2D eigenvalue weighted by Crippen LogP contribution is -2.21. The van der Waals surface area contributed by atoms with Crippen LogP contribution in [0.1, 0.15) is 22.0 Å². The van der Waals surface area contributed by atoms with Crippen LogP contribution in [0.25, 0.3) is 0 Å². The van der Waals surface area contributed by atoms with E-state index in [9.17, 15) is 9.59 Å². The molecule has 0 aliphatic rings. The molecule has 0 spiro atoms. The maximum absolute atomic E-state index is 12.1. The monoisotopic (exact) mass is 396 g/mol. The number of benzene rings is 2. The van der Waals surface area contributed by atoms with E-state index in [2.05, 4.69) is 22.6 Å². The van der Waals surface area contributed by atoms with Gasteiger partial charge in [0.1, 0.15) is 0 Å². The highest BCUT2D eigenvalue weighted by atomic mass is 127.